The van der Waals surface area contributed by atoms with Crippen molar-refractivity contribution in [2.24, 2.45) is 0 Å². The van der Waals surface area contributed by atoms with E-state index in [4.69, 9.17) is 8.92 Å². The summed E-state index contributed by atoms with van der Waals surface area (Å²) in [4.78, 5) is 25.1. The summed E-state index contributed by atoms with van der Waals surface area (Å²) in [7, 11) is -2.42. The molecule has 0 spiro atoms. The second-order valence-corrected chi connectivity index (χ2v) is 8.14. The number of carbonyl (C=O) groups excluding carboxylic acids is 1. The number of nitrogens with zero attached hydrogens (tertiary/aromatic N) is 3. The number of rotatable bonds is 6. The van der Waals surface area contributed by atoms with Crippen LogP contribution in [0.4, 0.5) is 0 Å². The first-order chi connectivity index (χ1) is 11.2. The van der Waals surface area contributed by atoms with Crippen LogP contribution in [0.3, 0.4) is 0 Å². The molecule has 0 aliphatic rings. The number of ether oxygens (including phenoxy) is 1. The highest BCUT2D eigenvalue weighted by Crippen LogP contribution is 2.31. The Morgan fingerprint density at radius 2 is 2.08 bits per heavy atom. The van der Waals surface area contributed by atoms with Crippen molar-refractivity contribution in [2.45, 2.75) is 18.7 Å². The van der Waals surface area contributed by atoms with Crippen LogP contribution < -0.4 is 0 Å². The number of thiazole rings is 1. The van der Waals surface area contributed by atoms with Gasteiger partial charge in [-0.15, -0.1) is 11.3 Å². The molecule has 0 radical (unpaired) electrons. The van der Waals surface area contributed by atoms with Gasteiger partial charge in [-0.3, -0.25) is 4.18 Å². The van der Waals surface area contributed by atoms with E-state index in [-0.39, 0.29) is 12.3 Å². The Morgan fingerprint density at radius 3 is 2.67 bits per heavy atom. The maximum Gasteiger partial charge on any atom is 0.357 e. The van der Waals surface area contributed by atoms with Gasteiger partial charge >= 0.3 is 5.97 Å². The third-order valence-corrected chi connectivity index (χ3v) is 4.96. The van der Waals surface area contributed by atoms with Gasteiger partial charge in [0.25, 0.3) is 10.1 Å². The maximum atomic E-state index is 11.9. The molecule has 0 aliphatic carbocycles. The third kappa shape index (κ3) is 4.50. The van der Waals surface area contributed by atoms with Crippen molar-refractivity contribution in [1.82, 2.24) is 15.0 Å². The van der Waals surface area contributed by atoms with Crippen molar-refractivity contribution < 1.29 is 22.1 Å². The van der Waals surface area contributed by atoms with Crippen molar-refractivity contribution in [2.75, 3.05) is 19.6 Å². The predicted molar refractivity (Wildman–Crippen MR) is 90.6 cm³/mol. The van der Waals surface area contributed by atoms with Crippen LogP contribution in [-0.4, -0.2) is 49.0 Å². The molecule has 130 valence electrons. The highest BCUT2D eigenvalue weighted by molar-refractivity contribution is 7.98. The number of esters is 1. The lowest BCUT2D eigenvalue weighted by atomic mass is 10.2. The Morgan fingerprint density at radius 1 is 1.38 bits per heavy atom. The number of carbonyl (C=O) groups is 1. The summed E-state index contributed by atoms with van der Waals surface area (Å²) in [6.45, 7) is 1.53. The summed E-state index contributed by atoms with van der Waals surface area (Å²) < 4.78 is 31.9. The average Bonchev–Trinajstić information content (AvgIpc) is 2.96. The van der Waals surface area contributed by atoms with Crippen LogP contribution >= 0.6 is 23.1 Å². The second-order valence-electron chi connectivity index (χ2n) is 4.64. The fourth-order valence-corrected chi connectivity index (χ4v) is 3.47. The van der Waals surface area contributed by atoms with E-state index in [1.54, 1.807) is 6.20 Å². The van der Waals surface area contributed by atoms with E-state index in [2.05, 4.69) is 15.0 Å². The topological polar surface area (TPSA) is 108 Å². The molecule has 0 bridgehead atoms. The molecule has 0 fully saturated rings. The molecule has 0 saturated carbocycles. The number of thioether (sulfide) groups is 1. The van der Waals surface area contributed by atoms with Crippen molar-refractivity contribution in [1.29, 1.82) is 0 Å². The first kappa shape index (κ1) is 18.8. The molecule has 24 heavy (non-hydrogen) atoms. The van der Waals surface area contributed by atoms with E-state index >= 15 is 0 Å². The quantitative estimate of drug-likeness (QED) is 0.317. The molecule has 0 amide bonds. The number of aromatic nitrogens is 3. The standard InChI is InChI=1S/C13H15N3O5S3/c1-7-5-14-13(22-3)16-9(7)11-15-10(12(17)20-2)8(23-11)6-21-24(4,18)19/h5H,6H2,1-4H3. The zero-order chi connectivity index (χ0) is 17.9. The van der Waals surface area contributed by atoms with Crippen molar-refractivity contribution >= 4 is 39.2 Å². The zero-order valence-corrected chi connectivity index (χ0v) is 15.8. The minimum absolute atomic E-state index is 0.0184. The van der Waals surface area contributed by atoms with Crippen LogP contribution in [0.15, 0.2) is 11.4 Å². The van der Waals surface area contributed by atoms with Crippen LogP contribution in [0.1, 0.15) is 20.9 Å². The molecule has 0 unspecified atom stereocenters. The molecule has 2 aromatic heterocycles. The molecule has 0 atom stereocenters. The fraction of sp³-hybridized carbons (Fsp3) is 0.385. The van der Waals surface area contributed by atoms with Gasteiger partial charge in [-0.25, -0.2) is 19.7 Å². The Bertz CT molecular complexity index is 864. The molecule has 2 rings (SSSR count). The number of hydrogen-bond acceptors (Lipinski definition) is 10. The molecule has 0 saturated heterocycles. The highest BCUT2D eigenvalue weighted by atomic mass is 32.2. The predicted octanol–water partition coefficient (Wildman–Crippen LogP) is 1.89. The summed E-state index contributed by atoms with van der Waals surface area (Å²) in [5, 5.41) is 1.04. The van der Waals surface area contributed by atoms with Gasteiger partial charge in [-0.2, -0.15) is 8.42 Å². The molecular formula is C13H15N3O5S3. The first-order valence-corrected chi connectivity index (χ1v) is 10.4. The van der Waals surface area contributed by atoms with Gasteiger partial charge in [-0.05, 0) is 18.7 Å². The van der Waals surface area contributed by atoms with Gasteiger partial charge in [0, 0.05) is 6.20 Å². The third-order valence-electron chi connectivity index (χ3n) is 2.81. The lowest BCUT2D eigenvalue weighted by Gasteiger charge is -2.02. The lowest BCUT2D eigenvalue weighted by Crippen LogP contribution is -2.08. The SMILES string of the molecule is COC(=O)c1nc(-c2nc(SC)ncc2C)sc1COS(C)(=O)=O. The van der Waals surface area contributed by atoms with Crippen LogP contribution in [0.5, 0.6) is 0 Å². The van der Waals surface area contributed by atoms with E-state index in [0.29, 0.717) is 20.7 Å². The number of methoxy groups -OCH3 is 1. The Labute approximate surface area is 147 Å². The Hall–Kier alpha value is -1.56. The van der Waals surface area contributed by atoms with Gasteiger partial charge in [0.2, 0.25) is 0 Å². The average molecular weight is 389 g/mol. The van der Waals surface area contributed by atoms with Gasteiger partial charge in [0.1, 0.15) is 17.3 Å². The molecule has 0 aromatic carbocycles. The minimum atomic E-state index is -3.65. The number of hydrogen-bond donors (Lipinski definition) is 0. The summed E-state index contributed by atoms with van der Waals surface area (Å²) in [6, 6.07) is 0. The normalized spacial score (nSPS) is 11.5. The molecule has 0 N–H and O–H groups in total. The highest BCUT2D eigenvalue weighted by Gasteiger charge is 2.22. The Balaban J connectivity index is 2.49. The Kier molecular flexibility index (Phi) is 5.91. The molecule has 8 nitrogen and oxygen atoms in total. The van der Waals surface area contributed by atoms with E-state index in [0.717, 1.165) is 23.2 Å². The van der Waals surface area contributed by atoms with E-state index in [1.165, 1.54) is 18.9 Å². The minimum Gasteiger partial charge on any atom is -0.464 e. The van der Waals surface area contributed by atoms with Gasteiger partial charge < -0.3 is 4.74 Å². The molecule has 2 aromatic rings. The van der Waals surface area contributed by atoms with Crippen LogP contribution in [0.25, 0.3) is 10.7 Å². The van der Waals surface area contributed by atoms with E-state index < -0.39 is 16.1 Å². The monoisotopic (exact) mass is 389 g/mol. The largest absolute Gasteiger partial charge is 0.464 e. The van der Waals surface area contributed by atoms with E-state index in [1.807, 2.05) is 13.2 Å². The summed E-state index contributed by atoms with van der Waals surface area (Å²) in [5.74, 6) is -0.665. The molecular weight excluding hydrogens is 374 g/mol. The summed E-state index contributed by atoms with van der Waals surface area (Å²) >= 11 is 2.51. The van der Waals surface area contributed by atoms with Gasteiger partial charge in [0.15, 0.2) is 10.9 Å². The molecule has 11 heteroatoms. The summed E-state index contributed by atoms with van der Waals surface area (Å²) in [5.41, 5.74) is 1.38. The fourth-order valence-electron chi connectivity index (χ4n) is 1.71. The molecule has 2 heterocycles. The van der Waals surface area contributed by atoms with Crippen LogP contribution in [-0.2, 0) is 25.6 Å². The van der Waals surface area contributed by atoms with Gasteiger partial charge in [0.05, 0.1) is 18.2 Å². The smallest absolute Gasteiger partial charge is 0.357 e. The first-order valence-electron chi connectivity index (χ1n) is 6.55. The van der Waals surface area contributed by atoms with Crippen LogP contribution in [0, 0.1) is 6.92 Å². The maximum absolute atomic E-state index is 11.9. The zero-order valence-electron chi connectivity index (χ0n) is 13.4. The van der Waals surface area contributed by atoms with Crippen molar-refractivity contribution in [3.05, 3.63) is 22.3 Å². The van der Waals surface area contributed by atoms with Crippen molar-refractivity contribution in [3.63, 3.8) is 0 Å². The number of aryl methyl sites for hydroxylation is 1. The van der Waals surface area contributed by atoms with E-state index in [9.17, 15) is 13.2 Å². The second kappa shape index (κ2) is 7.55. The lowest BCUT2D eigenvalue weighted by molar-refractivity contribution is 0.0592. The summed E-state index contributed by atoms with van der Waals surface area (Å²) in [6.07, 6.45) is 4.45. The van der Waals surface area contributed by atoms with Crippen LogP contribution in [0.2, 0.25) is 0 Å². The van der Waals surface area contributed by atoms with Gasteiger partial charge in [-0.1, -0.05) is 11.8 Å². The molecule has 0 aliphatic heterocycles. The van der Waals surface area contributed by atoms with Crippen molar-refractivity contribution in [3.8, 4) is 10.7 Å².